The van der Waals surface area contributed by atoms with Crippen molar-refractivity contribution in [2.75, 3.05) is 29.9 Å². The quantitative estimate of drug-likeness (QED) is 0.619. The van der Waals surface area contributed by atoms with E-state index in [1.54, 1.807) is 29.2 Å². The molecule has 0 atom stereocenters. The number of anilines is 2. The third-order valence-electron chi connectivity index (χ3n) is 5.31. The summed E-state index contributed by atoms with van der Waals surface area (Å²) in [5.41, 5.74) is 4.90. The maximum atomic E-state index is 12.3. The molecular weight excluding hydrogens is 408 g/mol. The number of rotatable bonds is 7. The zero-order valence-corrected chi connectivity index (χ0v) is 18.6. The number of benzene rings is 2. The van der Waals surface area contributed by atoms with Crippen molar-refractivity contribution in [1.29, 1.82) is 0 Å². The molecule has 2 aromatic carbocycles. The number of hydrogen-bond donors (Lipinski definition) is 3. The highest BCUT2D eigenvalue weighted by molar-refractivity contribution is 5.99. The van der Waals surface area contributed by atoms with Crippen LogP contribution in [0.1, 0.15) is 39.9 Å². The molecule has 3 rings (SSSR count). The van der Waals surface area contributed by atoms with E-state index in [1.165, 1.54) is 0 Å². The van der Waals surface area contributed by atoms with Crippen LogP contribution in [0.2, 0.25) is 0 Å². The number of aryl methyl sites for hydroxylation is 3. The first-order valence-corrected chi connectivity index (χ1v) is 10.6. The van der Waals surface area contributed by atoms with Crippen LogP contribution in [-0.4, -0.2) is 43.3 Å². The predicted molar refractivity (Wildman–Crippen MR) is 123 cm³/mol. The van der Waals surface area contributed by atoms with Gasteiger partial charge in [0.25, 0.3) is 5.91 Å². The summed E-state index contributed by atoms with van der Waals surface area (Å²) in [7, 11) is 0. The van der Waals surface area contributed by atoms with Crippen molar-refractivity contribution in [2.45, 2.75) is 33.6 Å². The molecule has 2 aromatic rings. The molecule has 168 valence electrons. The van der Waals surface area contributed by atoms with Crippen LogP contribution < -0.4 is 20.9 Å². The normalized spacial score (nSPS) is 13.1. The van der Waals surface area contributed by atoms with Crippen LogP contribution in [-0.2, 0) is 14.4 Å². The van der Waals surface area contributed by atoms with Crippen LogP contribution in [0, 0.1) is 20.8 Å². The maximum absolute atomic E-state index is 12.3. The molecule has 0 aromatic heterocycles. The Kier molecular flexibility index (Phi) is 7.25. The SMILES string of the molecule is Cc1cc(C)c(NC(=O)CNC(=O)CNC(=O)c2ccc(N3CCCC3=O)cc2)c(C)c1. The van der Waals surface area contributed by atoms with Crippen LogP contribution in [0.25, 0.3) is 0 Å². The molecule has 1 aliphatic heterocycles. The van der Waals surface area contributed by atoms with Gasteiger partial charge in [-0.25, -0.2) is 0 Å². The highest BCUT2D eigenvalue weighted by Gasteiger charge is 2.21. The number of nitrogens with zero attached hydrogens (tertiary/aromatic N) is 1. The van der Waals surface area contributed by atoms with Crippen molar-refractivity contribution >= 4 is 35.0 Å². The molecule has 1 heterocycles. The third-order valence-corrected chi connectivity index (χ3v) is 5.31. The molecule has 32 heavy (non-hydrogen) atoms. The van der Waals surface area contributed by atoms with Crippen LogP contribution in [0.15, 0.2) is 36.4 Å². The van der Waals surface area contributed by atoms with E-state index >= 15 is 0 Å². The van der Waals surface area contributed by atoms with Gasteiger partial charge in [-0.15, -0.1) is 0 Å². The predicted octanol–water partition coefficient (Wildman–Crippen LogP) is 2.22. The first kappa shape index (κ1) is 23.0. The van der Waals surface area contributed by atoms with Crippen molar-refractivity contribution < 1.29 is 19.2 Å². The largest absolute Gasteiger partial charge is 0.345 e. The average molecular weight is 437 g/mol. The fourth-order valence-electron chi connectivity index (χ4n) is 3.78. The van der Waals surface area contributed by atoms with Gasteiger partial charge < -0.3 is 20.9 Å². The zero-order chi connectivity index (χ0) is 23.3. The summed E-state index contributed by atoms with van der Waals surface area (Å²) in [5, 5.41) is 7.85. The van der Waals surface area contributed by atoms with Gasteiger partial charge in [0.05, 0.1) is 13.1 Å². The highest BCUT2D eigenvalue weighted by Crippen LogP contribution is 2.22. The van der Waals surface area contributed by atoms with Gasteiger partial charge in [0, 0.05) is 29.9 Å². The van der Waals surface area contributed by atoms with E-state index in [2.05, 4.69) is 16.0 Å². The Morgan fingerprint density at radius 3 is 2.12 bits per heavy atom. The monoisotopic (exact) mass is 436 g/mol. The lowest BCUT2D eigenvalue weighted by molar-refractivity contribution is -0.123. The number of hydrogen-bond acceptors (Lipinski definition) is 4. The van der Waals surface area contributed by atoms with Gasteiger partial charge in [-0.1, -0.05) is 17.7 Å². The highest BCUT2D eigenvalue weighted by atomic mass is 16.2. The van der Waals surface area contributed by atoms with Gasteiger partial charge in [0.2, 0.25) is 17.7 Å². The number of carbonyl (C=O) groups is 4. The smallest absolute Gasteiger partial charge is 0.251 e. The van der Waals surface area contributed by atoms with Crippen molar-refractivity contribution in [3.63, 3.8) is 0 Å². The molecule has 0 saturated carbocycles. The molecule has 0 spiro atoms. The molecule has 0 bridgehead atoms. The molecule has 0 aliphatic carbocycles. The molecule has 1 saturated heterocycles. The summed E-state index contributed by atoms with van der Waals surface area (Å²) in [4.78, 5) is 50.0. The van der Waals surface area contributed by atoms with Gasteiger partial charge in [0.15, 0.2) is 0 Å². The fourth-order valence-corrected chi connectivity index (χ4v) is 3.78. The van der Waals surface area contributed by atoms with E-state index in [1.807, 2.05) is 32.9 Å². The lowest BCUT2D eigenvalue weighted by atomic mass is 10.1. The molecule has 8 heteroatoms. The number of nitrogens with one attached hydrogen (secondary N) is 3. The van der Waals surface area contributed by atoms with E-state index in [0.717, 1.165) is 34.5 Å². The van der Waals surface area contributed by atoms with Crippen molar-refractivity contribution in [1.82, 2.24) is 10.6 Å². The number of amides is 4. The molecule has 0 radical (unpaired) electrons. The summed E-state index contributed by atoms with van der Waals surface area (Å²) in [6.07, 6.45) is 1.37. The molecule has 0 unspecified atom stereocenters. The summed E-state index contributed by atoms with van der Waals surface area (Å²) >= 11 is 0. The Bertz CT molecular complexity index is 1020. The third kappa shape index (κ3) is 5.72. The standard InChI is InChI=1S/C24H28N4O4/c1-15-11-16(2)23(17(3)12-15)27-21(30)14-25-20(29)13-26-24(32)18-6-8-19(9-7-18)28-10-4-5-22(28)31/h6-9,11-12H,4-5,10,13-14H2,1-3H3,(H,25,29)(H,26,32)(H,27,30). The van der Waals surface area contributed by atoms with E-state index < -0.39 is 11.8 Å². The van der Waals surface area contributed by atoms with Gasteiger partial charge >= 0.3 is 0 Å². The summed E-state index contributed by atoms with van der Waals surface area (Å²) < 4.78 is 0. The van der Waals surface area contributed by atoms with Crippen molar-refractivity contribution in [3.8, 4) is 0 Å². The van der Waals surface area contributed by atoms with Crippen LogP contribution in [0.3, 0.4) is 0 Å². The fraction of sp³-hybridized carbons (Fsp3) is 0.333. The molecule has 1 fully saturated rings. The van der Waals surface area contributed by atoms with E-state index in [9.17, 15) is 19.2 Å². The van der Waals surface area contributed by atoms with Crippen molar-refractivity contribution in [2.24, 2.45) is 0 Å². The molecular formula is C24H28N4O4. The minimum absolute atomic E-state index is 0.0793. The second kappa shape index (κ2) is 10.1. The van der Waals surface area contributed by atoms with Gasteiger partial charge in [-0.2, -0.15) is 0 Å². The van der Waals surface area contributed by atoms with Crippen LogP contribution >= 0.6 is 0 Å². The maximum Gasteiger partial charge on any atom is 0.251 e. The Balaban J connectivity index is 1.44. The molecule has 8 nitrogen and oxygen atoms in total. The lowest BCUT2D eigenvalue weighted by Crippen LogP contribution is -2.40. The van der Waals surface area contributed by atoms with Crippen LogP contribution in [0.4, 0.5) is 11.4 Å². The summed E-state index contributed by atoms with van der Waals surface area (Å²) in [6.45, 7) is 6.06. The van der Waals surface area contributed by atoms with E-state index in [0.29, 0.717) is 18.5 Å². The molecule has 1 aliphatic rings. The summed E-state index contributed by atoms with van der Waals surface area (Å²) in [5.74, 6) is -1.14. The first-order valence-electron chi connectivity index (χ1n) is 10.6. The topological polar surface area (TPSA) is 108 Å². The average Bonchev–Trinajstić information content (AvgIpc) is 3.19. The first-order chi connectivity index (χ1) is 15.2. The Hall–Kier alpha value is -3.68. The Labute approximate surface area is 187 Å². The minimum atomic E-state index is -0.467. The molecule has 3 N–H and O–H groups in total. The van der Waals surface area contributed by atoms with Gasteiger partial charge in [-0.3, -0.25) is 19.2 Å². The zero-order valence-electron chi connectivity index (χ0n) is 18.6. The van der Waals surface area contributed by atoms with Crippen LogP contribution in [0.5, 0.6) is 0 Å². The number of carbonyl (C=O) groups excluding carboxylic acids is 4. The van der Waals surface area contributed by atoms with E-state index in [-0.39, 0.29) is 24.9 Å². The minimum Gasteiger partial charge on any atom is -0.345 e. The summed E-state index contributed by atoms with van der Waals surface area (Å²) in [6, 6.07) is 10.6. The second-order valence-electron chi connectivity index (χ2n) is 7.98. The second-order valence-corrected chi connectivity index (χ2v) is 7.98. The molecule has 4 amide bonds. The van der Waals surface area contributed by atoms with Gasteiger partial charge in [0.1, 0.15) is 0 Å². The Morgan fingerprint density at radius 2 is 1.53 bits per heavy atom. The Morgan fingerprint density at radius 1 is 0.906 bits per heavy atom. The van der Waals surface area contributed by atoms with E-state index in [4.69, 9.17) is 0 Å². The van der Waals surface area contributed by atoms with Crippen molar-refractivity contribution in [3.05, 3.63) is 58.7 Å². The van der Waals surface area contributed by atoms with Gasteiger partial charge in [-0.05, 0) is 62.6 Å². The lowest BCUT2D eigenvalue weighted by Gasteiger charge is -2.15.